The van der Waals surface area contributed by atoms with E-state index in [1.165, 1.54) is 6.07 Å². The number of ketones is 1. The van der Waals surface area contributed by atoms with E-state index in [1.54, 1.807) is 13.1 Å². The van der Waals surface area contributed by atoms with Crippen LogP contribution in [0.3, 0.4) is 0 Å². The van der Waals surface area contributed by atoms with Gasteiger partial charge in [-0.05, 0) is 55.7 Å². The van der Waals surface area contributed by atoms with Crippen molar-refractivity contribution in [1.29, 1.82) is 0 Å². The third-order valence-electron chi connectivity index (χ3n) is 7.20. The number of pyridine rings is 1. The first-order valence-electron chi connectivity index (χ1n) is 12.6. The molecule has 1 aliphatic carbocycles. The lowest BCUT2D eigenvalue weighted by molar-refractivity contribution is -0.119. The Bertz CT molecular complexity index is 989. The maximum Gasteiger partial charge on any atom is 0.272 e. The zero-order chi connectivity index (χ0) is 24.8. The summed E-state index contributed by atoms with van der Waals surface area (Å²) in [4.78, 5) is 23.0. The largest absolute Gasteiger partial charge is 0.470 e. The summed E-state index contributed by atoms with van der Waals surface area (Å²) in [5.74, 6) is 1.57. The van der Waals surface area contributed by atoms with Crippen LogP contribution >= 0.6 is 0 Å². The van der Waals surface area contributed by atoms with Crippen molar-refractivity contribution in [2.75, 3.05) is 26.2 Å². The van der Waals surface area contributed by atoms with Crippen molar-refractivity contribution in [3.63, 3.8) is 0 Å². The van der Waals surface area contributed by atoms with Gasteiger partial charge in [0.1, 0.15) is 11.5 Å². The summed E-state index contributed by atoms with van der Waals surface area (Å²) < 4.78 is 49.3. The van der Waals surface area contributed by atoms with Gasteiger partial charge < -0.3 is 14.1 Å². The zero-order valence-electron chi connectivity index (χ0n) is 20.3. The topological polar surface area (TPSA) is 68.5 Å². The van der Waals surface area contributed by atoms with Crippen LogP contribution in [-0.2, 0) is 24.1 Å². The van der Waals surface area contributed by atoms with Gasteiger partial charge in [0.25, 0.3) is 12.3 Å². The molecule has 0 aromatic carbocycles. The first-order chi connectivity index (χ1) is 16.9. The number of alkyl halides is 2. The van der Waals surface area contributed by atoms with Gasteiger partial charge in [-0.1, -0.05) is 12.8 Å². The second-order valence-electron chi connectivity index (χ2n) is 9.87. The van der Waals surface area contributed by atoms with Crippen LogP contribution in [0.4, 0.5) is 13.2 Å². The quantitative estimate of drug-likeness (QED) is 0.466. The minimum atomic E-state index is -2.66. The van der Waals surface area contributed by atoms with Crippen LogP contribution in [0.2, 0.25) is 0 Å². The molecule has 35 heavy (non-hydrogen) atoms. The van der Waals surface area contributed by atoms with Crippen molar-refractivity contribution in [3.05, 3.63) is 41.0 Å². The first-order valence-corrected chi connectivity index (χ1v) is 12.6. The molecular formula is C26H34F3N3O3. The van der Waals surface area contributed by atoms with Crippen LogP contribution in [0.1, 0.15) is 61.4 Å². The summed E-state index contributed by atoms with van der Waals surface area (Å²) in [6.45, 7) is 3.54. The fourth-order valence-corrected chi connectivity index (χ4v) is 5.26. The lowest BCUT2D eigenvalue weighted by atomic mass is 9.78. The summed E-state index contributed by atoms with van der Waals surface area (Å²) in [6, 6.07) is 1.39. The lowest BCUT2D eigenvalue weighted by Gasteiger charge is -2.30. The van der Waals surface area contributed by atoms with Crippen LogP contribution in [-0.4, -0.2) is 53.3 Å². The molecule has 2 aromatic rings. The van der Waals surface area contributed by atoms with Gasteiger partial charge in [0.05, 0.1) is 12.6 Å². The predicted octanol–water partition coefficient (Wildman–Crippen LogP) is 4.96. The van der Waals surface area contributed by atoms with E-state index < -0.39 is 18.8 Å². The Labute approximate surface area is 204 Å². The molecule has 0 N–H and O–H groups in total. The van der Waals surface area contributed by atoms with E-state index in [2.05, 4.69) is 14.9 Å². The predicted molar refractivity (Wildman–Crippen MR) is 124 cm³/mol. The van der Waals surface area contributed by atoms with Crippen molar-refractivity contribution >= 4 is 5.78 Å². The van der Waals surface area contributed by atoms with Crippen molar-refractivity contribution < 1.29 is 27.1 Å². The maximum absolute atomic E-state index is 14.2. The summed E-state index contributed by atoms with van der Waals surface area (Å²) >= 11 is 0. The maximum atomic E-state index is 14.2. The second kappa shape index (κ2) is 12.0. The lowest BCUT2D eigenvalue weighted by Crippen LogP contribution is -2.29. The van der Waals surface area contributed by atoms with Crippen molar-refractivity contribution in [2.45, 2.75) is 71.1 Å². The molecule has 1 aliphatic heterocycles. The molecule has 0 amide bonds. The third kappa shape index (κ3) is 7.53. The summed E-state index contributed by atoms with van der Waals surface area (Å²) in [6.07, 6.45) is 6.83. The van der Waals surface area contributed by atoms with Gasteiger partial charge in [0.2, 0.25) is 0 Å². The number of nitrogens with zero attached hydrogens (tertiary/aromatic N) is 3. The van der Waals surface area contributed by atoms with Crippen LogP contribution < -0.4 is 4.74 Å². The average Bonchev–Trinajstić information content (AvgIpc) is 3.12. The molecule has 0 unspecified atom stereocenters. The first kappa shape index (κ1) is 25.7. The Hall–Kier alpha value is -2.42. The summed E-state index contributed by atoms with van der Waals surface area (Å²) in [5.41, 5.74) is 1.57. The average molecular weight is 494 g/mol. The molecule has 6 nitrogen and oxygen atoms in total. The molecule has 0 spiro atoms. The minimum Gasteiger partial charge on any atom is -0.470 e. The molecule has 4 rings (SSSR count). The number of hydrogen-bond acceptors (Lipinski definition) is 6. The number of ether oxygens (including phenoxy) is 1. The van der Waals surface area contributed by atoms with Gasteiger partial charge in [-0.15, -0.1) is 0 Å². The fourth-order valence-electron chi connectivity index (χ4n) is 5.26. The highest BCUT2D eigenvalue weighted by molar-refractivity contribution is 5.80. The number of carbonyl (C=O) groups excluding carboxylic acids is 1. The summed E-state index contributed by atoms with van der Waals surface area (Å²) in [7, 11) is 0. The number of rotatable bonds is 10. The second-order valence-corrected chi connectivity index (χ2v) is 9.87. The number of oxazole rings is 1. The van der Waals surface area contributed by atoms with E-state index in [9.17, 15) is 18.0 Å². The van der Waals surface area contributed by atoms with Gasteiger partial charge in [0, 0.05) is 38.5 Å². The van der Waals surface area contributed by atoms with Gasteiger partial charge in [-0.2, -0.15) is 0 Å². The normalized spacial score (nSPS) is 21.1. The van der Waals surface area contributed by atoms with Crippen molar-refractivity contribution in [1.82, 2.24) is 14.9 Å². The van der Waals surface area contributed by atoms with E-state index in [1.807, 2.05) is 0 Å². The number of halogens is 3. The molecule has 192 valence electrons. The van der Waals surface area contributed by atoms with Crippen LogP contribution in [0.15, 0.2) is 16.7 Å². The molecule has 0 bridgehead atoms. The number of carbonyl (C=O) groups is 1. The Morgan fingerprint density at radius 1 is 1.20 bits per heavy atom. The number of fused-ring (bicyclic) bond motifs is 1. The minimum absolute atomic E-state index is 0.224. The highest BCUT2D eigenvalue weighted by Gasteiger charge is 2.25. The highest BCUT2D eigenvalue weighted by Crippen LogP contribution is 2.33. The number of hydrogen-bond donors (Lipinski definition) is 0. The molecule has 3 heterocycles. The third-order valence-corrected chi connectivity index (χ3v) is 7.20. The molecular weight excluding hydrogens is 459 g/mol. The van der Waals surface area contributed by atoms with E-state index in [0.29, 0.717) is 49.2 Å². The molecule has 2 aliphatic rings. The van der Waals surface area contributed by atoms with Gasteiger partial charge >= 0.3 is 0 Å². The molecule has 1 fully saturated rings. The zero-order valence-corrected chi connectivity index (χ0v) is 20.3. The van der Waals surface area contributed by atoms with E-state index in [-0.39, 0.29) is 11.7 Å². The molecule has 1 saturated carbocycles. The van der Waals surface area contributed by atoms with Crippen LogP contribution in [0.25, 0.3) is 0 Å². The Kier molecular flexibility index (Phi) is 8.81. The number of Topliss-reactive ketones (excluding diaryl/α,β-unsaturated/α-hetero) is 1. The van der Waals surface area contributed by atoms with Crippen molar-refractivity contribution in [2.24, 2.45) is 11.8 Å². The van der Waals surface area contributed by atoms with Gasteiger partial charge in [0.15, 0.2) is 18.3 Å². The van der Waals surface area contributed by atoms with Crippen LogP contribution in [0.5, 0.6) is 5.88 Å². The summed E-state index contributed by atoms with van der Waals surface area (Å²) in [5, 5.41) is 0. The fraction of sp³-hybridized carbons (Fsp3) is 0.654. The van der Waals surface area contributed by atoms with Crippen molar-refractivity contribution in [3.8, 4) is 5.88 Å². The highest BCUT2D eigenvalue weighted by atomic mass is 19.3. The molecule has 9 heteroatoms. The SMILES string of the molecule is Cc1ncc(CC(=O)CC2CCC(CCN3CCc4cc(F)c(OCC(F)F)nc4CC3)CC2)o1. The molecule has 0 atom stereocenters. The van der Waals surface area contributed by atoms with E-state index >= 15 is 0 Å². The Balaban J connectivity index is 1.17. The number of aromatic nitrogens is 2. The molecule has 0 radical (unpaired) electrons. The van der Waals surface area contributed by atoms with Gasteiger partial charge in [-0.25, -0.2) is 23.1 Å². The molecule has 2 aromatic heterocycles. The monoisotopic (exact) mass is 493 g/mol. The smallest absolute Gasteiger partial charge is 0.272 e. The van der Waals surface area contributed by atoms with E-state index in [4.69, 9.17) is 9.15 Å². The number of aryl methyl sites for hydroxylation is 1. The Morgan fingerprint density at radius 3 is 2.66 bits per heavy atom. The molecule has 0 saturated heterocycles. The van der Waals surface area contributed by atoms with E-state index in [0.717, 1.165) is 63.0 Å². The Morgan fingerprint density at radius 2 is 1.94 bits per heavy atom. The standard InChI is InChI=1S/C26H34F3N3O3/c1-17-30-15-22(35-17)14-21(33)12-19-4-2-18(3-5-19)6-9-32-10-7-20-13-23(27)26(34-16-25(28)29)31-24(20)8-11-32/h13,15,18-19,25H,2-12,14,16H2,1H3. The van der Waals surface area contributed by atoms with Gasteiger partial charge in [-0.3, -0.25) is 4.79 Å². The van der Waals surface area contributed by atoms with Crippen LogP contribution in [0, 0.1) is 24.6 Å².